The van der Waals surface area contributed by atoms with Crippen molar-refractivity contribution < 1.29 is 4.79 Å². The maximum atomic E-state index is 13.9. The van der Waals surface area contributed by atoms with Gasteiger partial charge in [-0.05, 0) is 37.5 Å². The molecule has 36 heavy (non-hydrogen) atoms. The van der Waals surface area contributed by atoms with Crippen LogP contribution in [0.4, 0.5) is 11.6 Å². The van der Waals surface area contributed by atoms with Crippen LogP contribution in [0.2, 0.25) is 0 Å². The minimum absolute atomic E-state index is 0.149. The molecule has 0 radical (unpaired) electrons. The van der Waals surface area contributed by atoms with E-state index in [4.69, 9.17) is 16.6 Å². The molecular formula is C25H23ClN8O2. The Labute approximate surface area is 212 Å². The van der Waals surface area contributed by atoms with E-state index >= 15 is 0 Å². The second-order valence-electron chi connectivity index (χ2n) is 8.88. The van der Waals surface area contributed by atoms with Crippen molar-refractivity contribution in [1.82, 2.24) is 29.4 Å². The number of carbonyl (C=O) groups excluding carboxylic acids is 1. The average molecular weight is 503 g/mol. The number of hydrogen-bond acceptors (Lipinski definition) is 8. The van der Waals surface area contributed by atoms with Gasteiger partial charge in [0.15, 0.2) is 0 Å². The number of aromatic nitrogens is 5. The molecule has 10 nitrogen and oxygen atoms in total. The van der Waals surface area contributed by atoms with Crippen molar-refractivity contribution in [2.45, 2.75) is 25.3 Å². The molecule has 6 rings (SSSR count). The van der Waals surface area contributed by atoms with Crippen molar-refractivity contribution in [3.63, 3.8) is 0 Å². The van der Waals surface area contributed by atoms with Crippen LogP contribution in [0.25, 0.3) is 16.8 Å². The molecular weight excluding hydrogens is 480 g/mol. The Morgan fingerprint density at radius 3 is 2.92 bits per heavy atom. The average Bonchev–Trinajstić information content (AvgIpc) is 3.30. The third kappa shape index (κ3) is 3.56. The summed E-state index contributed by atoms with van der Waals surface area (Å²) in [7, 11) is 1.73. The van der Waals surface area contributed by atoms with Crippen LogP contribution >= 0.6 is 11.6 Å². The van der Waals surface area contributed by atoms with Gasteiger partial charge in [-0.3, -0.25) is 19.1 Å². The van der Waals surface area contributed by atoms with Gasteiger partial charge in [-0.2, -0.15) is 0 Å². The zero-order valence-electron chi connectivity index (χ0n) is 19.6. The first-order valence-electron chi connectivity index (χ1n) is 11.8. The van der Waals surface area contributed by atoms with E-state index in [-0.39, 0.29) is 17.5 Å². The Balaban J connectivity index is 1.57. The van der Waals surface area contributed by atoms with Crippen LogP contribution in [0, 0.1) is 0 Å². The first kappa shape index (κ1) is 22.4. The van der Waals surface area contributed by atoms with E-state index in [9.17, 15) is 9.59 Å². The van der Waals surface area contributed by atoms with Crippen LogP contribution in [0.3, 0.4) is 0 Å². The fourth-order valence-corrected chi connectivity index (χ4v) is 5.25. The number of allylic oxidation sites excluding steroid dienone is 2. The molecule has 5 heterocycles. The highest BCUT2D eigenvalue weighted by Crippen LogP contribution is 2.39. The lowest BCUT2D eigenvalue weighted by molar-refractivity contribution is 0.0796. The smallest absolute Gasteiger partial charge is 0.267 e. The van der Waals surface area contributed by atoms with Crippen LogP contribution in [0.5, 0.6) is 0 Å². The van der Waals surface area contributed by atoms with E-state index in [0.717, 1.165) is 12.8 Å². The van der Waals surface area contributed by atoms with Crippen molar-refractivity contribution in [1.29, 1.82) is 0 Å². The molecule has 1 saturated heterocycles. The monoisotopic (exact) mass is 502 g/mol. The van der Waals surface area contributed by atoms with Crippen molar-refractivity contribution in [2.24, 2.45) is 0 Å². The minimum Gasteiger partial charge on any atom is -0.352 e. The van der Waals surface area contributed by atoms with Crippen LogP contribution in [0.15, 0.2) is 47.8 Å². The van der Waals surface area contributed by atoms with Gasteiger partial charge in [0.1, 0.15) is 29.4 Å². The zero-order valence-corrected chi connectivity index (χ0v) is 20.3. The van der Waals surface area contributed by atoms with Gasteiger partial charge in [-0.25, -0.2) is 15.0 Å². The molecule has 182 valence electrons. The van der Waals surface area contributed by atoms with Gasteiger partial charge in [0.05, 0.1) is 40.9 Å². The van der Waals surface area contributed by atoms with Gasteiger partial charge in [0.2, 0.25) is 0 Å². The summed E-state index contributed by atoms with van der Waals surface area (Å²) in [6, 6.07) is 3.30. The maximum Gasteiger partial charge on any atom is 0.267 e. The Morgan fingerprint density at radius 2 is 2.08 bits per heavy atom. The molecule has 1 N–H and O–H groups in total. The first-order valence-corrected chi connectivity index (χ1v) is 12.1. The van der Waals surface area contributed by atoms with Crippen molar-refractivity contribution >= 4 is 40.3 Å². The fourth-order valence-electron chi connectivity index (χ4n) is 4.98. The van der Waals surface area contributed by atoms with Gasteiger partial charge < -0.3 is 15.1 Å². The maximum absolute atomic E-state index is 13.9. The van der Waals surface area contributed by atoms with E-state index < -0.39 is 0 Å². The number of fused-ring (bicyclic) bond motifs is 2. The van der Waals surface area contributed by atoms with E-state index in [0.29, 0.717) is 64.6 Å². The Morgan fingerprint density at radius 1 is 1.19 bits per heavy atom. The van der Waals surface area contributed by atoms with Crippen molar-refractivity contribution in [3.05, 3.63) is 76.0 Å². The summed E-state index contributed by atoms with van der Waals surface area (Å²) in [5.74, 6) is 1.44. The lowest BCUT2D eigenvalue weighted by atomic mass is 10.1. The van der Waals surface area contributed by atoms with E-state index in [1.807, 2.05) is 24.3 Å². The SMILES string of the molecule is CN1CNc2ncnc(N3CCC[C@H]3c3nc4c(c(=O)n3-c3cccnc3)C(Cl)=CCC=C4)c2C1=O. The lowest BCUT2D eigenvalue weighted by Gasteiger charge is -2.32. The number of carbonyl (C=O) groups is 1. The number of amides is 1. The van der Waals surface area contributed by atoms with Crippen LogP contribution in [-0.4, -0.2) is 55.6 Å². The van der Waals surface area contributed by atoms with Gasteiger partial charge in [-0.1, -0.05) is 23.8 Å². The number of nitrogens with zero attached hydrogens (tertiary/aromatic N) is 7. The molecule has 0 unspecified atom stereocenters. The van der Waals surface area contributed by atoms with Crippen LogP contribution in [0.1, 0.15) is 52.7 Å². The topological polar surface area (TPSA) is 109 Å². The third-order valence-corrected chi connectivity index (χ3v) is 7.03. The summed E-state index contributed by atoms with van der Waals surface area (Å²) in [6.45, 7) is 1.03. The second-order valence-corrected chi connectivity index (χ2v) is 9.29. The number of hydrogen-bond donors (Lipinski definition) is 1. The molecule has 3 aliphatic rings. The van der Waals surface area contributed by atoms with Gasteiger partial charge >= 0.3 is 0 Å². The number of nitrogens with one attached hydrogen (secondary N) is 1. The summed E-state index contributed by atoms with van der Waals surface area (Å²) < 4.78 is 1.59. The Kier molecular flexibility index (Phi) is 5.52. The lowest BCUT2D eigenvalue weighted by Crippen LogP contribution is -2.40. The molecule has 0 saturated carbocycles. The molecule has 0 bridgehead atoms. The highest BCUT2D eigenvalue weighted by molar-refractivity contribution is 6.49. The summed E-state index contributed by atoms with van der Waals surface area (Å²) in [6.07, 6.45) is 12.5. The van der Waals surface area contributed by atoms with Crippen molar-refractivity contribution in [3.8, 4) is 5.69 Å². The summed E-state index contributed by atoms with van der Waals surface area (Å²) in [4.78, 5) is 48.7. The molecule has 3 aromatic rings. The molecule has 3 aromatic heterocycles. The number of pyridine rings is 1. The van der Waals surface area contributed by atoms with Crippen LogP contribution in [-0.2, 0) is 0 Å². The van der Waals surface area contributed by atoms with Gasteiger partial charge in [0, 0.05) is 19.8 Å². The minimum atomic E-state index is -0.304. The molecule has 11 heteroatoms. The van der Waals surface area contributed by atoms with Gasteiger partial charge in [-0.15, -0.1) is 0 Å². The highest BCUT2D eigenvalue weighted by Gasteiger charge is 2.37. The number of halogens is 1. The zero-order chi connectivity index (χ0) is 24.8. The molecule has 0 spiro atoms. The predicted octanol–water partition coefficient (Wildman–Crippen LogP) is 3.21. The van der Waals surface area contributed by atoms with E-state index in [1.54, 1.807) is 35.0 Å². The largest absolute Gasteiger partial charge is 0.352 e. The predicted molar refractivity (Wildman–Crippen MR) is 137 cm³/mol. The molecule has 1 atom stereocenters. The second kappa shape index (κ2) is 8.87. The Hall–Kier alpha value is -4.05. The van der Waals surface area contributed by atoms with Crippen LogP contribution < -0.4 is 15.8 Å². The summed E-state index contributed by atoms with van der Waals surface area (Å²) >= 11 is 6.54. The first-order chi connectivity index (χ1) is 17.5. The molecule has 2 aliphatic heterocycles. The van der Waals surface area contributed by atoms with E-state index in [1.165, 1.54) is 6.33 Å². The fraction of sp³-hybridized carbons (Fsp3) is 0.280. The summed E-state index contributed by atoms with van der Waals surface area (Å²) in [5, 5.41) is 3.56. The molecule has 1 fully saturated rings. The molecule has 1 amide bonds. The third-order valence-electron chi connectivity index (χ3n) is 6.68. The normalized spacial score (nSPS) is 18.9. The summed E-state index contributed by atoms with van der Waals surface area (Å²) in [5.41, 5.74) is 1.66. The van der Waals surface area contributed by atoms with E-state index in [2.05, 4.69) is 25.2 Å². The van der Waals surface area contributed by atoms with Gasteiger partial charge in [0.25, 0.3) is 11.5 Å². The Bertz CT molecular complexity index is 1480. The van der Waals surface area contributed by atoms with Crippen molar-refractivity contribution in [2.75, 3.05) is 30.5 Å². The molecule has 0 aromatic carbocycles. The number of anilines is 2. The highest BCUT2D eigenvalue weighted by atomic mass is 35.5. The number of rotatable bonds is 3. The molecule has 1 aliphatic carbocycles. The standard InChI is InChI=1S/C25H23ClN8O2/c1-32-14-30-21-20(24(32)35)23(29-13-28-21)33-11-5-9-18(33)22-31-17-8-3-2-7-16(26)19(17)25(36)34(22)15-6-4-10-27-12-15/h3-4,6-8,10,12-13,18H,2,5,9,11,14H2,1H3,(H,28,29,30)/t18-/m0/s1. The quantitative estimate of drug-likeness (QED) is 0.581.